The molecule has 1 aromatic heterocycles. The van der Waals surface area contributed by atoms with Crippen molar-refractivity contribution >= 4 is 11.3 Å². The Bertz CT molecular complexity index is 455. The van der Waals surface area contributed by atoms with Crippen molar-refractivity contribution in [3.8, 4) is 0 Å². The first kappa shape index (κ1) is 18.6. The molecule has 0 aliphatic rings. The summed E-state index contributed by atoms with van der Waals surface area (Å²) in [5.41, 5.74) is 1.58. The van der Waals surface area contributed by atoms with E-state index < -0.39 is 0 Å². The van der Waals surface area contributed by atoms with Gasteiger partial charge < -0.3 is 10.2 Å². The summed E-state index contributed by atoms with van der Waals surface area (Å²) in [5, 5.41) is 4.93. The highest BCUT2D eigenvalue weighted by Crippen LogP contribution is 2.32. The average molecular weight is 312 g/mol. The van der Waals surface area contributed by atoms with Crippen LogP contribution in [-0.4, -0.2) is 37.1 Å². The van der Waals surface area contributed by atoms with Crippen LogP contribution in [0.2, 0.25) is 0 Å². The molecule has 0 aliphatic heterocycles. The third-order valence-corrected chi connectivity index (χ3v) is 5.26. The molecule has 0 amide bonds. The Morgan fingerprint density at radius 1 is 1.19 bits per heavy atom. The zero-order valence-corrected chi connectivity index (χ0v) is 16.1. The molecular weight excluding hydrogens is 278 g/mol. The minimum atomic E-state index is 0.136. The number of hydrogen-bond acceptors (Lipinski definition) is 4. The second-order valence-electron chi connectivity index (χ2n) is 8.22. The van der Waals surface area contributed by atoms with Crippen molar-refractivity contribution in [1.29, 1.82) is 0 Å². The van der Waals surface area contributed by atoms with E-state index in [1.807, 2.05) is 11.3 Å². The predicted molar refractivity (Wildman–Crippen MR) is 94.3 cm³/mol. The van der Waals surface area contributed by atoms with Crippen molar-refractivity contribution in [3.05, 3.63) is 15.6 Å². The maximum Gasteiger partial charge on any atom is 0.0985 e. The molecule has 3 nitrogen and oxygen atoms in total. The first-order valence-electron chi connectivity index (χ1n) is 7.78. The zero-order chi connectivity index (χ0) is 16.4. The predicted octanol–water partition coefficient (Wildman–Crippen LogP) is 3.99. The van der Waals surface area contributed by atoms with Gasteiger partial charge in [-0.1, -0.05) is 34.6 Å². The van der Waals surface area contributed by atoms with E-state index in [2.05, 4.69) is 72.8 Å². The summed E-state index contributed by atoms with van der Waals surface area (Å²) in [6.07, 6.45) is 0. The molecule has 0 saturated carbocycles. The van der Waals surface area contributed by atoms with Gasteiger partial charge in [-0.05, 0) is 33.4 Å². The number of nitrogens with zero attached hydrogens (tertiary/aromatic N) is 2. The highest BCUT2D eigenvalue weighted by molar-refractivity contribution is 7.12. The Morgan fingerprint density at radius 3 is 2.19 bits per heavy atom. The quantitative estimate of drug-likeness (QED) is 0.861. The van der Waals surface area contributed by atoms with Crippen molar-refractivity contribution in [3.63, 3.8) is 0 Å². The molecule has 0 bridgehead atoms. The lowest BCUT2D eigenvalue weighted by Crippen LogP contribution is -2.38. The third kappa shape index (κ3) is 5.68. The Morgan fingerprint density at radius 2 is 1.76 bits per heavy atom. The average Bonchev–Trinajstić information content (AvgIpc) is 2.66. The normalized spacial score (nSPS) is 14.8. The van der Waals surface area contributed by atoms with Crippen molar-refractivity contribution in [2.45, 2.75) is 59.9 Å². The largest absolute Gasteiger partial charge is 0.309 e. The van der Waals surface area contributed by atoms with Crippen LogP contribution in [-0.2, 0) is 5.41 Å². The fourth-order valence-electron chi connectivity index (χ4n) is 2.56. The number of aryl methyl sites for hydroxylation is 1. The lowest BCUT2D eigenvalue weighted by molar-refractivity contribution is 0.227. The van der Waals surface area contributed by atoms with Crippen LogP contribution >= 0.6 is 11.3 Å². The van der Waals surface area contributed by atoms with Gasteiger partial charge in [0.1, 0.15) is 0 Å². The number of thiazole rings is 1. The Hall–Kier alpha value is -0.450. The van der Waals surface area contributed by atoms with E-state index >= 15 is 0 Å². The van der Waals surface area contributed by atoms with Crippen molar-refractivity contribution in [2.24, 2.45) is 5.41 Å². The van der Waals surface area contributed by atoms with Gasteiger partial charge in [-0.2, -0.15) is 0 Å². The minimum Gasteiger partial charge on any atom is -0.309 e. The lowest BCUT2D eigenvalue weighted by atomic mass is 9.92. The topological polar surface area (TPSA) is 28.2 Å². The molecule has 1 rings (SSSR count). The summed E-state index contributed by atoms with van der Waals surface area (Å²) >= 11 is 1.85. The van der Waals surface area contributed by atoms with Gasteiger partial charge in [-0.25, -0.2) is 4.98 Å². The van der Waals surface area contributed by atoms with E-state index in [1.165, 1.54) is 15.6 Å². The summed E-state index contributed by atoms with van der Waals surface area (Å²) in [4.78, 5) is 8.39. The standard InChI is InChI=1S/C17H33N3S/c1-12(18-10-17(6,7)11-20(8)9)14-13(2)19-15(21-14)16(3,4)5/h12,18H,10-11H2,1-9H3. The first-order chi connectivity index (χ1) is 9.42. The highest BCUT2D eigenvalue weighted by atomic mass is 32.1. The maximum absolute atomic E-state index is 4.77. The molecule has 0 aromatic carbocycles. The van der Waals surface area contributed by atoms with E-state index in [-0.39, 0.29) is 10.8 Å². The molecule has 0 fully saturated rings. The number of aromatic nitrogens is 1. The van der Waals surface area contributed by atoms with Crippen molar-refractivity contribution in [1.82, 2.24) is 15.2 Å². The van der Waals surface area contributed by atoms with Gasteiger partial charge in [-0.3, -0.25) is 0 Å². The molecule has 0 aliphatic carbocycles. The maximum atomic E-state index is 4.77. The molecule has 4 heteroatoms. The number of hydrogen-bond donors (Lipinski definition) is 1. The summed E-state index contributed by atoms with van der Waals surface area (Å²) in [6, 6.07) is 0.361. The van der Waals surface area contributed by atoms with Crippen LogP contribution < -0.4 is 5.32 Å². The molecule has 1 N–H and O–H groups in total. The van der Waals surface area contributed by atoms with Crippen LogP contribution in [0.3, 0.4) is 0 Å². The summed E-state index contributed by atoms with van der Waals surface area (Å²) < 4.78 is 0. The molecule has 1 heterocycles. The van der Waals surface area contributed by atoms with Crippen LogP contribution in [0.1, 0.15) is 63.2 Å². The monoisotopic (exact) mass is 311 g/mol. The van der Waals surface area contributed by atoms with Crippen LogP contribution in [0.5, 0.6) is 0 Å². The molecule has 122 valence electrons. The Kier molecular flexibility index (Phi) is 5.99. The molecule has 0 saturated heterocycles. The first-order valence-corrected chi connectivity index (χ1v) is 8.60. The van der Waals surface area contributed by atoms with E-state index in [0.717, 1.165) is 13.1 Å². The Labute approximate surface area is 135 Å². The smallest absolute Gasteiger partial charge is 0.0985 e. The molecule has 0 radical (unpaired) electrons. The van der Waals surface area contributed by atoms with Gasteiger partial charge in [0.25, 0.3) is 0 Å². The van der Waals surface area contributed by atoms with Crippen LogP contribution in [0.4, 0.5) is 0 Å². The fourth-order valence-corrected chi connectivity index (χ4v) is 3.72. The molecule has 1 aromatic rings. The second-order valence-corrected chi connectivity index (χ2v) is 9.25. The highest BCUT2D eigenvalue weighted by Gasteiger charge is 2.24. The summed E-state index contributed by atoms with van der Waals surface area (Å²) in [6.45, 7) is 17.8. The van der Waals surface area contributed by atoms with Gasteiger partial charge in [0.2, 0.25) is 0 Å². The number of rotatable bonds is 6. The number of nitrogens with one attached hydrogen (secondary N) is 1. The van der Waals surface area contributed by atoms with Crippen LogP contribution in [0.25, 0.3) is 0 Å². The molecular formula is C17H33N3S. The van der Waals surface area contributed by atoms with E-state index in [1.54, 1.807) is 0 Å². The van der Waals surface area contributed by atoms with Gasteiger partial charge in [0.15, 0.2) is 0 Å². The van der Waals surface area contributed by atoms with Gasteiger partial charge >= 0.3 is 0 Å². The van der Waals surface area contributed by atoms with Crippen LogP contribution in [0.15, 0.2) is 0 Å². The van der Waals surface area contributed by atoms with Crippen molar-refractivity contribution in [2.75, 3.05) is 27.2 Å². The molecule has 21 heavy (non-hydrogen) atoms. The third-order valence-electron chi connectivity index (χ3n) is 3.50. The minimum absolute atomic E-state index is 0.136. The van der Waals surface area contributed by atoms with Gasteiger partial charge in [0.05, 0.1) is 10.7 Å². The molecule has 0 spiro atoms. The summed E-state index contributed by atoms with van der Waals surface area (Å²) in [7, 11) is 4.27. The second kappa shape index (κ2) is 6.76. The van der Waals surface area contributed by atoms with E-state index in [0.29, 0.717) is 6.04 Å². The Balaban J connectivity index is 2.72. The lowest BCUT2D eigenvalue weighted by Gasteiger charge is -2.30. The zero-order valence-electron chi connectivity index (χ0n) is 15.3. The van der Waals surface area contributed by atoms with E-state index in [4.69, 9.17) is 4.98 Å². The fraction of sp³-hybridized carbons (Fsp3) is 0.824. The molecule has 1 unspecified atom stereocenters. The summed E-state index contributed by atoms with van der Waals surface area (Å²) in [5.74, 6) is 0. The van der Waals surface area contributed by atoms with Gasteiger partial charge in [-0.15, -0.1) is 11.3 Å². The van der Waals surface area contributed by atoms with E-state index in [9.17, 15) is 0 Å². The van der Waals surface area contributed by atoms with Crippen molar-refractivity contribution < 1.29 is 0 Å². The molecule has 1 atom stereocenters. The van der Waals surface area contributed by atoms with Crippen LogP contribution in [0, 0.1) is 12.3 Å². The van der Waals surface area contributed by atoms with Gasteiger partial charge in [0, 0.05) is 29.4 Å². The SMILES string of the molecule is Cc1nc(C(C)(C)C)sc1C(C)NCC(C)(C)CN(C)C.